The van der Waals surface area contributed by atoms with Crippen molar-refractivity contribution in [2.24, 2.45) is 5.92 Å². The second-order valence-corrected chi connectivity index (χ2v) is 5.68. The first-order valence-electron chi connectivity index (χ1n) is 8.40. The number of hydrogen-bond acceptors (Lipinski definition) is 5. The number of ether oxygens (including phenoxy) is 3. The van der Waals surface area contributed by atoms with E-state index in [1.807, 2.05) is 0 Å². The normalized spacial score (nSPS) is 12.0. The van der Waals surface area contributed by atoms with Crippen LogP contribution in [-0.4, -0.2) is 38.9 Å². The molecule has 1 atom stereocenters. The van der Waals surface area contributed by atoms with E-state index in [1.54, 1.807) is 7.11 Å². The summed E-state index contributed by atoms with van der Waals surface area (Å²) in [6, 6.07) is 0. The maximum absolute atomic E-state index is 11.5. The van der Waals surface area contributed by atoms with Crippen molar-refractivity contribution >= 4 is 11.9 Å². The standard InChI is InChI=1S/C17H32O5/c1-4-5-6-12-21-16(18)8-7-9-17(19)22-14-11-15(2)10-13-20-3/h15H,4-14H2,1-3H3. The molecule has 1 unspecified atom stereocenters. The molecular formula is C17H32O5. The molecule has 5 nitrogen and oxygen atoms in total. The van der Waals surface area contributed by atoms with Crippen LogP contribution in [0, 0.1) is 5.92 Å². The maximum Gasteiger partial charge on any atom is 0.305 e. The molecule has 0 aromatic carbocycles. The van der Waals surface area contributed by atoms with Crippen LogP contribution in [0.4, 0.5) is 0 Å². The summed E-state index contributed by atoms with van der Waals surface area (Å²) >= 11 is 0. The number of rotatable bonds is 14. The zero-order chi connectivity index (χ0) is 16.6. The number of methoxy groups -OCH3 is 1. The first kappa shape index (κ1) is 20.9. The van der Waals surface area contributed by atoms with Gasteiger partial charge in [-0.1, -0.05) is 26.7 Å². The SMILES string of the molecule is CCCCCOC(=O)CCCC(=O)OCCC(C)CCOC. The molecule has 22 heavy (non-hydrogen) atoms. The summed E-state index contributed by atoms with van der Waals surface area (Å²) in [7, 11) is 1.68. The third-order valence-electron chi connectivity index (χ3n) is 3.46. The minimum Gasteiger partial charge on any atom is -0.466 e. The number of unbranched alkanes of at least 4 members (excludes halogenated alkanes) is 2. The summed E-state index contributed by atoms with van der Waals surface area (Å²) in [4.78, 5) is 22.9. The van der Waals surface area contributed by atoms with Crippen molar-refractivity contribution in [2.45, 2.75) is 65.2 Å². The lowest BCUT2D eigenvalue weighted by Crippen LogP contribution is -2.11. The summed E-state index contributed by atoms with van der Waals surface area (Å²) < 4.78 is 15.2. The highest BCUT2D eigenvalue weighted by molar-refractivity contribution is 5.72. The van der Waals surface area contributed by atoms with Gasteiger partial charge in [-0.05, 0) is 31.6 Å². The molecule has 0 spiro atoms. The molecule has 0 amide bonds. The van der Waals surface area contributed by atoms with E-state index in [4.69, 9.17) is 14.2 Å². The highest BCUT2D eigenvalue weighted by Crippen LogP contribution is 2.08. The summed E-state index contributed by atoms with van der Waals surface area (Å²) in [6.07, 6.45) is 5.95. The van der Waals surface area contributed by atoms with Gasteiger partial charge in [-0.3, -0.25) is 9.59 Å². The summed E-state index contributed by atoms with van der Waals surface area (Å²) in [5, 5.41) is 0. The third-order valence-corrected chi connectivity index (χ3v) is 3.46. The van der Waals surface area contributed by atoms with Crippen LogP contribution in [-0.2, 0) is 23.8 Å². The van der Waals surface area contributed by atoms with Crippen molar-refractivity contribution in [3.8, 4) is 0 Å². The third kappa shape index (κ3) is 13.9. The second kappa shape index (κ2) is 14.8. The highest BCUT2D eigenvalue weighted by atomic mass is 16.5. The van der Waals surface area contributed by atoms with Crippen LogP contribution in [0.25, 0.3) is 0 Å². The van der Waals surface area contributed by atoms with Gasteiger partial charge < -0.3 is 14.2 Å². The Kier molecular flexibility index (Phi) is 14.1. The van der Waals surface area contributed by atoms with Crippen LogP contribution >= 0.6 is 0 Å². The van der Waals surface area contributed by atoms with Crippen LogP contribution in [0.3, 0.4) is 0 Å². The predicted octanol–water partition coefficient (Wildman–Crippen LogP) is 3.50. The minimum absolute atomic E-state index is 0.225. The van der Waals surface area contributed by atoms with Crippen LogP contribution in [0.15, 0.2) is 0 Å². The molecule has 0 heterocycles. The van der Waals surface area contributed by atoms with E-state index in [1.165, 1.54) is 0 Å². The van der Waals surface area contributed by atoms with Crippen LogP contribution in [0.1, 0.15) is 65.2 Å². The van der Waals surface area contributed by atoms with Crippen molar-refractivity contribution in [1.29, 1.82) is 0 Å². The number of hydrogen-bond donors (Lipinski definition) is 0. The maximum atomic E-state index is 11.5. The Hall–Kier alpha value is -1.10. The zero-order valence-corrected chi connectivity index (χ0v) is 14.4. The van der Waals surface area contributed by atoms with E-state index in [-0.39, 0.29) is 24.8 Å². The zero-order valence-electron chi connectivity index (χ0n) is 14.4. The molecule has 0 saturated carbocycles. The Labute approximate surface area is 134 Å². The molecule has 130 valence electrons. The minimum atomic E-state index is -0.238. The van der Waals surface area contributed by atoms with Gasteiger partial charge in [-0.15, -0.1) is 0 Å². The first-order chi connectivity index (χ1) is 10.6. The van der Waals surface area contributed by atoms with Gasteiger partial charge in [0.15, 0.2) is 0 Å². The topological polar surface area (TPSA) is 61.8 Å². The van der Waals surface area contributed by atoms with Crippen LogP contribution < -0.4 is 0 Å². The van der Waals surface area contributed by atoms with Gasteiger partial charge in [0, 0.05) is 26.6 Å². The van der Waals surface area contributed by atoms with E-state index < -0.39 is 0 Å². The van der Waals surface area contributed by atoms with E-state index >= 15 is 0 Å². The molecule has 0 fully saturated rings. The average molecular weight is 316 g/mol. The van der Waals surface area contributed by atoms with E-state index in [9.17, 15) is 9.59 Å². The van der Waals surface area contributed by atoms with E-state index in [0.29, 0.717) is 25.6 Å². The molecule has 0 N–H and O–H groups in total. The highest BCUT2D eigenvalue weighted by Gasteiger charge is 2.08. The van der Waals surface area contributed by atoms with Crippen LogP contribution in [0.5, 0.6) is 0 Å². The van der Waals surface area contributed by atoms with Crippen molar-refractivity contribution in [2.75, 3.05) is 26.9 Å². The Balaban J connectivity index is 3.47. The van der Waals surface area contributed by atoms with Gasteiger partial charge in [-0.25, -0.2) is 0 Å². The number of esters is 2. The molecular weight excluding hydrogens is 284 g/mol. The summed E-state index contributed by atoms with van der Waals surface area (Å²) in [6.45, 7) is 5.87. The Morgan fingerprint density at radius 3 is 2.05 bits per heavy atom. The molecule has 0 aromatic rings. The van der Waals surface area contributed by atoms with E-state index in [2.05, 4.69) is 13.8 Å². The second-order valence-electron chi connectivity index (χ2n) is 5.68. The summed E-state index contributed by atoms with van der Waals surface area (Å²) in [5.74, 6) is 0.0145. The van der Waals surface area contributed by atoms with Gasteiger partial charge in [0.1, 0.15) is 0 Å². The fourth-order valence-corrected chi connectivity index (χ4v) is 1.90. The lowest BCUT2D eigenvalue weighted by atomic mass is 10.1. The average Bonchev–Trinajstić information content (AvgIpc) is 2.49. The molecule has 5 heteroatoms. The van der Waals surface area contributed by atoms with Crippen molar-refractivity contribution in [3.63, 3.8) is 0 Å². The van der Waals surface area contributed by atoms with Gasteiger partial charge >= 0.3 is 11.9 Å². The molecule has 0 radical (unpaired) electrons. The van der Waals surface area contributed by atoms with Crippen molar-refractivity contribution < 1.29 is 23.8 Å². The quantitative estimate of drug-likeness (QED) is 0.362. The molecule has 0 saturated heterocycles. The van der Waals surface area contributed by atoms with Gasteiger partial charge in [0.2, 0.25) is 0 Å². The van der Waals surface area contributed by atoms with Gasteiger partial charge in [-0.2, -0.15) is 0 Å². The smallest absolute Gasteiger partial charge is 0.305 e. The molecule has 0 aliphatic carbocycles. The molecule has 0 aromatic heterocycles. The molecule has 0 aliphatic rings. The lowest BCUT2D eigenvalue weighted by Gasteiger charge is -2.11. The molecule has 0 rings (SSSR count). The Morgan fingerprint density at radius 2 is 1.45 bits per heavy atom. The Morgan fingerprint density at radius 1 is 0.864 bits per heavy atom. The number of carbonyl (C=O) groups is 2. The van der Waals surface area contributed by atoms with Crippen molar-refractivity contribution in [1.82, 2.24) is 0 Å². The van der Waals surface area contributed by atoms with E-state index in [0.717, 1.165) is 38.7 Å². The Bertz CT molecular complexity index is 291. The monoisotopic (exact) mass is 316 g/mol. The molecule has 0 aliphatic heterocycles. The summed E-state index contributed by atoms with van der Waals surface area (Å²) in [5.41, 5.74) is 0. The largest absolute Gasteiger partial charge is 0.466 e. The van der Waals surface area contributed by atoms with Crippen molar-refractivity contribution in [3.05, 3.63) is 0 Å². The first-order valence-corrected chi connectivity index (χ1v) is 8.40. The fourth-order valence-electron chi connectivity index (χ4n) is 1.90. The van der Waals surface area contributed by atoms with Gasteiger partial charge in [0.05, 0.1) is 13.2 Å². The molecule has 0 bridgehead atoms. The van der Waals surface area contributed by atoms with Crippen LogP contribution in [0.2, 0.25) is 0 Å². The number of carbonyl (C=O) groups excluding carboxylic acids is 2. The fraction of sp³-hybridized carbons (Fsp3) is 0.882. The predicted molar refractivity (Wildman–Crippen MR) is 85.6 cm³/mol. The van der Waals surface area contributed by atoms with Gasteiger partial charge in [0.25, 0.3) is 0 Å². The lowest BCUT2D eigenvalue weighted by molar-refractivity contribution is -0.145.